The molecule has 2 nitrogen and oxygen atoms in total. The van der Waals surface area contributed by atoms with E-state index in [-0.39, 0.29) is 18.2 Å². The van der Waals surface area contributed by atoms with E-state index < -0.39 is 11.6 Å². The van der Waals surface area contributed by atoms with Crippen LogP contribution in [0.2, 0.25) is 0 Å². The number of rotatable bonds is 3. The third-order valence-corrected chi connectivity index (χ3v) is 3.66. The molecule has 1 unspecified atom stereocenters. The van der Waals surface area contributed by atoms with E-state index >= 15 is 0 Å². The van der Waals surface area contributed by atoms with Gasteiger partial charge in [-0.2, -0.15) is 0 Å². The van der Waals surface area contributed by atoms with Gasteiger partial charge in [0.15, 0.2) is 11.6 Å². The number of hydrogen-bond acceptors (Lipinski definition) is 2. The number of fused-ring (bicyclic) bond motifs is 1. The van der Waals surface area contributed by atoms with Crippen molar-refractivity contribution in [3.63, 3.8) is 0 Å². The molecule has 0 aliphatic heterocycles. The molecule has 104 valence electrons. The van der Waals surface area contributed by atoms with Gasteiger partial charge >= 0.3 is 0 Å². The first-order valence-corrected chi connectivity index (χ1v) is 6.59. The highest BCUT2D eigenvalue weighted by atomic mass is 19.2. The summed E-state index contributed by atoms with van der Waals surface area (Å²) in [4.78, 5) is 0. The van der Waals surface area contributed by atoms with E-state index in [1.807, 2.05) is 18.2 Å². The van der Waals surface area contributed by atoms with Crippen molar-refractivity contribution in [1.29, 1.82) is 0 Å². The second-order valence-electron chi connectivity index (χ2n) is 5.01. The third-order valence-electron chi connectivity index (χ3n) is 3.66. The van der Waals surface area contributed by atoms with Gasteiger partial charge in [-0.1, -0.05) is 18.2 Å². The second-order valence-corrected chi connectivity index (χ2v) is 5.01. The average Bonchev–Trinajstić information content (AvgIpc) is 2.82. The molecule has 0 spiro atoms. The summed E-state index contributed by atoms with van der Waals surface area (Å²) in [6.45, 7) is 0.00837. The normalized spacial score (nSPS) is 17.1. The first-order valence-electron chi connectivity index (χ1n) is 6.59. The maximum atomic E-state index is 13.5. The van der Waals surface area contributed by atoms with Gasteiger partial charge in [-0.15, -0.1) is 0 Å². The molecule has 20 heavy (non-hydrogen) atoms. The lowest BCUT2D eigenvalue weighted by Gasteiger charge is -2.10. The van der Waals surface area contributed by atoms with Crippen molar-refractivity contribution in [3.8, 4) is 5.75 Å². The molecule has 0 fully saturated rings. The topological polar surface area (TPSA) is 35.2 Å². The zero-order valence-electron chi connectivity index (χ0n) is 10.9. The van der Waals surface area contributed by atoms with Gasteiger partial charge in [-0.25, -0.2) is 8.78 Å². The smallest absolute Gasteiger partial charge is 0.165 e. The largest absolute Gasteiger partial charge is 0.489 e. The highest BCUT2D eigenvalue weighted by Gasteiger charge is 2.19. The predicted molar refractivity (Wildman–Crippen MR) is 72.4 cm³/mol. The van der Waals surface area contributed by atoms with Crippen molar-refractivity contribution in [2.45, 2.75) is 25.5 Å². The van der Waals surface area contributed by atoms with E-state index in [1.54, 1.807) is 0 Å². The summed E-state index contributed by atoms with van der Waals surface area (Å²) >= 11 is 0. The van der Waals surface area contributed by atoms with Gasteiger partial charge in [0, 0.05) is 11.6 Å². The Morgan fingerprint density at radius 1 is 1.20 bits per heavy atom. The quantitative estimate of drug-likeness (QED) is 0.930. The molecule has 1 atom stereocenters. The van der Waals surface area contributed by atoms with E-state index in [9.17, 15) is 8.78 Å². The summed E-state index contributed by atoms with van der Waals surface area (Å²) < 4.78 is 32.1. The number of halogens is 2. The molecule has 4 heteroatoms. The van der Waals surface area contributed by atoms with Crippen LogP contribution in [0.3, 0.4) is 0 Å². The molecular weight excluding hydrogens is 260 g/mol. The fraction of sp³-hybridized carbons (Fsp3) is 0.250. The molecule has 0 aromatic heterocycles. The molecule has 0 saturated carbocycles. The number of benzene rings is 2. The molecule has 3 rings (SSSR count). The van der Waals surface area contributed by atoms with Gasteiger partial charge in [-0.05, 0) is 42.2 Å². The van der Waals surface area contributed by atoms with Crippen LogP contribution in [0.5, 0.6) is 5.75 Å². The first kappa shape index (κ1) is 13.1. The summed E-state index contributed by atoms with van der Waals surface area (Å²) in [6.07, 6.45) is 1.87. The monoisotopic (exact) mass is 275 g/mol. The third kappa shape index (κ3) is 2.39. The van der Waals surface area contributed by atoms with Crippen LogP contribution in [0, 0.1) is 11.6 Å². The van der Waals surface area contributed by atoms with Crippen LogP contribution in [0.25, 0.3) is 0 Å². The average molecular weight is 275 g/mol. The summed E-state index contributed by atoms with van der Waals surface area (Å²) in [5.74, 6) is -1.05. The van der Waals surface area contributed by atoms with Gasteiger partial charge in [-0.3, -0.25) is 0 Å². The molecule has 0 radical (unpaired) electrons. The Bertz CT molecular complexity index is 642. The Labute approximate surface area is 116 Å². The molecule has 2 aromatic rings. The number of ether oxygens (including phenoxy) is 1. The van der Waals surface area contributed by atoms with Crippen LogP contribution in [0.15, 0.2) is 36.4 Å². The minimum Gasteiger partial charge on any atom is -0.489 e. The van der Waals surface area contributed by atoms with Crippen LogP contribution >= 0.6 is 0 Å². The van der Waals surface area contributed by atoms with Gasteiger partial charge in [0.2, 0.25) is 0 Å². The molecule has 0 saturated heterocycles. The lowest BCUT2D eigenvalue weighted by molar-refractivity contribution is 0.297. The van der Waals surface area contributed by atoms with E-state index in [2.05, 4.69) is 0 Å². The highest BCUT2D eigenvalue weighted by Crippen LogP contribution is 2.32. The predicted octanol–water partition coefficient (Wildman–Crippen LogP) is 3.49. The SMILES string of the molecule is NC1CCc2cc(OCc3cccc(F)c3F)ccc21. The summed E-state index contributed by atoms with van der Waals surface area (Å²) in [5.41, 5.74) is 8.50. The van der Waals surface area contributed by atoms with Gasteiger partial charge in [0.1, 0.15) is 12.4 Å². The van der Waals surface area contributed by atoms with Crippen molar-refractivity contribution in [2.24, 2.45) is 5.73 Å². The Morgan fingerprint density at radius 3 is 2.90 bits per heavy atom. The molecule has 0 amide bonds. The zero-order valence-corrected chi connectivity index (χ0v) is 10.9. The lowest BCUT2D eigenvalue weighted by atomic mass is 10.1. The van der Waals surface area contributed by atoms with Crippen LogP contribution in [0.1, 0.15) is 29.2 Å². The van der Waals surface area contributed by atoms with Gasteiger partial charge in [0.05, 0.1) is 0 Å². The van der Waals surface area contributed by atoms with Gasteiger partial charge in [0.25, 0.3) is 0 Å². The Kier molecular flexibility index (Phi) is 3.40. The Hall–Kier alpha value is -1.94. The summed E-state index contributed by atoms with van der Waals surface area (Å²) in [6, 6.07) is 9.88. The van der Waals surface area contributed by atoms with E-state index in [4.69, 9.17) is 10.5 Å². The van der Waals surface area contributed by atoms with Crippen molar-refractivity contribution in [2.75, 3.05) is 0 Å². The van der Waals surface area contributed by atoms with E-state index in [1.165, 1.54) is 17.7 Å². The fourth-order valence-electron chi connectivity index (χ4n) is 2.54. The van der Waals surface area contributed by atoms with E-state index in [0.29, 0.717) is 5.75 Å². The molecule has 1 aliphatic rings. The van der Waals surface area contributed by atoms with Crippen molar-refractivity contribution in [3.05, 3.63) is 64.7 Å². The second kappa shape index (κ2) is 5.21. The molecule has 1 aliphatic carbocycles. The first-order chi connectivity index (χ1) is 9.65. The minimum absolute atomic E-state index is 0.00837. The molecule has 2 N–H and O–H groups in total. The Balaban J connectivity index is 1.74. The van der Waals surface area contributed by atoms with Crippen LogP contribution < -0.4 is 10.5 Å². The highest BCUT2D eigenvalue weighted by molar-refractivity contribution is 5.40. The molecule has 0 heterocycles. The fourth-order valence-corrected chi connectivity index (χ4v) is 2.54. The minimum atomic E-state index is -0.856. The standard InChI is InChI=1S/C16H15F2NO/c17-14-3-1-2-11(16(14)18)9-20-12-5-6-13-10(8-12)4-7-15(13)19/h1-3,5-6,8,15H,4,7,9,19H2. The number of aryl methyl sites for hydroxylation is 1. The summed E-state index contributed by atoms with van der Waals surface area (Å²) in [5, 5.41) is 0. The van der Waals surface area contributed by atoms with Crippen molar-refractivity contribution < 1.29 is 13.5 Å². The molecule has 2 aromatic carbocycles. The maximum absolute atomic E-state index is 13.5. The maximum Gasteiger partial charge on any atom is 0.165 e. The van der Waals surface area contributed by atoms with Crippen LogP contribution in [0.4, 0.5) is 8.78 Å². The van der Waals surface area contributed by atoms with Crippen molar-refractivity contribution in [1.82, 2.24) is 0 Å². The van der Waals surface area contributed by atoms with Crippen LogP contribution in [-0.4, -0.2) is 0 Å². The van der Waals surface area contributed by atoms with Crippen LogP contribution in [-0.2, 0) is 13.0 Å². The van der Waals surface area contributed by atoms with Gasteiger partial charge < -0.3 is 10.5 Å². The van der Waals surface area contributed by atoms with Crippen molar-refractivity contribution >= 4 is 0 Å². The molecular formula is C16H15F2NO. The Morgan fingerprint density at radius 2 is 2.05 bits per heavy atom. The lowest BCUT2D eigenvalue weighted by Crippen LogP contribution is -2.05. The van der Waals surface area contributed by atoms with E-state index in [0.717, 1.165) is 24.5 Å². The zero-order chi connectivity index (χ0) is 14.1. The number of hydrogen-bond donors (Lipinski definition) is 1. The molecule has 0 bridgehead atoms. The number of nitrogens with two attached hydrogens (primary N) is 1. The summed E-state index contributed by atoms with van der Waals surface area (Å²) in [7, 11) is 0.